The van der Waals surface area contributed by atoms with Gasteiger partial charge >= 0.3 is 5.97 Å². The van der Waals surface area contributed by atoms with Gasteiger partial charge in [-0.15, -0.1) is 11.8 Å². The third-order valence-corrected chi connectivity index (χ3v) is 5.87. The van der Waals surface area contributed by atoms with E-state index in [2.05, 4.69) is 10.6 Å². The number of esters is 1. The Kier molecular flexibility index (Phi) is 8.58. The van der Waals surface area contributed by atoms with Crippen molar-refractivity contribution in [1.29, 1.82) is 0 Å². The van der Waals surface area contributed by atoms with E-state index in [1.165, 1.54) is 36.0 Å². The van der Waals surface area contributed by atoms with E-state index in [9.17, 15) is 24.5 Å². The molecule has 0 fully saturated rings. The van der Waals surface area contributed by atoms with Gasteiger partial charge < -0.3 is 15.4 Å². The second-order valence-electron chi connectivity index (χ2n) is 7.33. The molecule has 2 N–H and O–H groups in total. The first kappa shape index (κ1) is 25.4. The number of benzene rings is 3. The third-order valence-electron chi connectivity index (χ3n) is 4.78. The molecule has 2 amide bonds. The standard InChI is InChI=1S/C25H23N3O6S/c1-3-34-25(31)18-7-11-19(12-8-18)26-23(29)16(2)35-22-6-4-5-20(15-22)27-24(30)17-9-13-21(14-10-17)28(32)33/h4-16H,3H2,1-2H3,(H,26,29)(H,27,30). The van der Waals surface area contributed by atoms with Gasteiger partial charge in [-0.25, -0.2) is 4.79 Å². The van der Waals surface area contributed by atoms with Crippen LogP contribution in [0.3, 0.4) is 0 Å². The minimum Gasteiger partial charge on any atom is -0.462 e. The van der Waals surface area contributed by atoms with Gasteiger partial charge in [0.15, 0.2) is 0 Å². The maximum absolute atomic E-state index is 12.6. The fourth-order valence-corrected chi connectivity index (χ4v) is 3.92. The quantitative estimate of drug-likeness (QED) is 0.183. The Morgan fingerprint density at radius 2 is 1.60 bits per heavy atom. The molecule has 0 aliphatic carbocycles. The highest BCUT2D eigenvalue weighted by molar-refractivity contribution is 8.00. The van der Waals surface area contributed by atoms with Crippen molar-refractivity contribution in [3.63, 3.8) is 0 Å². The van der Waals surface area contributed by atoms with Gasteiger partial charge in [-0.1, -0.05) is 6.07 Å². The van der Waals surface area contributed by atoms with E-state index in [0.29, 0.717) is 16.9 Å². The van der Waals surface area contributed by atoms with Gasteiger partial charge in [0.25, 0.3) is 11.6 Å². The highest BCUT2D eigenvalue weighted by atomic mass is 32.2. The molecule has 0 spiro atoms. The summed E-state index contributed by atoms with van der Waals surface area (Å²) in [4.78, 5) is 47.8. The molecule has 10 heteroatoms. The number of thioether (sulfide) groups is 1. The minimum absolute atomic E-state index is 0.0952. The molecule has 0 aromatic heterocycles. The van der Waals surface area contributed by atoms with Gasteiger partial charge in [0.1, 0.15) is 0 Å². The molecule has 3 aromatic rings. The molecule has 180 valence electrons. The second kappa shape index (κ2) is 11.8. The summed E-state index contributed by atoms with van der Waals surface area (Å²) in [5.74, 6) is -1.05. The number of ether oxygens (including phenoxy) is 1. The monoisotopic (exact) mass is 493 g/mol. The van der Waals surface area contributed by atoms with Crippen molar-refractivity contribution in [1.82, 2.24) is 0 Å². The van der Waals surface area contributed by atoms with Crippen LogP contribution in [0.25, 0.3) is 0 Å². The number of nitro groups is 1. The first-order valence-corrected chi connectivity index (χ1v) is 11.6. The Labute approximate surface area is 206 Å². The van der Waals surface area contributed by atoms with E-state index in [4.69, 9.17) is 4.74 Å². The third kappa shape index (κ3) is 7.15. The zero-order valence-electron chi connectivity index (χ0n) is 19.0. The zero-order valence-corrected chi connectivity index (χ0v) is 19.8. The largest absolute Gasteiger partial charge is 0.462 e. The van der Waals surface area contributed by atoms with Crippen LogP contribution in [0.2, 0.25) is 0 Å². The van der Waals surface area contributed by atoms with E-state index >= 15 is 0 Å². The number of non-ortho nitro benzene ring substituents is 1. The zero-order chi connectivity index (χ0) is 25.4. The van der Waals surface area contributed by atoms with Crippen LogP contribution in [-0.2, 0) is 9.53 Å². The number of nitrogens with one attached hydrogen (secondary N) is 2. The molecule has 0 bridgehead atoms. The molecule has 3 rings (SSSR count). The van der Waals surface area contributed by atoms with Crippen LogP contribution < -0.4 is 10.6 Å². The number of carbonyl (C=O) groups excluding carboxylic acids is 3. The highest BCUT2D eigenvalue weighted by Gasteiger charge is 2.16. The van der Waals surface area contributed by atoms with Gasteiger partial charge in [-0.05, 0) is 68.4 Å². The molecule has 0 saturated heterocycles. The smallest absolute Gasteiger partial charge is 0.338 e. The van der Waals surface area contributed by atoms with Crippen LogP contribution in [0, 0.1) is 10.1 Å². The van der Waals surface area contributed by atoms with Crippen molar-refractivity contribution in [2.24, 2.45) is 0 Å². The Morgan fingerprint density at radius 3 is 2.23 bits per heavy atom. The van der Waals surface area contributed by atoms with Gasteiger partial charge in [0.2, 0.25) is 5.91 Å². The lowest BCUT2D eigenvalue weighted by Crippen LogP contribution is -2.22. The topological polar surface area (TPSA) is 128 Å². The number of nitrogens with zero attached hydrogens (tertiary/aromatic N) is 1. The Morgan fingerprint density at radius 1 is 0.943 bits per heavy atom. The molecule has 1 atom stereocenters. The number of nitro benzene ring substituents is 1. The highest BCUT2D eigenvalue weighted by Crippen LogP contribution is 2.27. The summed E-state index contributed by atoms with van der Waals surface area (Å²) in [7, 11) is 0. The number of hydrogen-bond acceptors (Lipinski definition) is 7. The normalized spacial score (nSPS) is 11.3. The van der Waals surface area contributed by atoms with Crippen molar-refractivity contribution in [2.45, 2.75) is 24.0 Å². The molecule has 0 aliphatic heterocycles. The summed E-state index contributed by atoms with van der Waals surface area (Å²) in [6.07, 6.45) is 0. The van der Waals surface area contributed by atoms with Crippen molar-refractivity contribution in [2.75, 3.05) is 17.2 Å². The molecule has 0 saturated carbocycles. The summed E-state index contributed by atoms with van der Waals surface area (Å²) in [6, 6.07) is 18.8. The predicted octanol–water partition coefficient (Wildman–Crippen LogP) is 5.14. The number of carbonyl (C=O) groups is 3. The van der Waals surface area contributed by atoms with E-state index < -0.39 is 22.0 Å². The first-order valence-electron chi connectivity index (χ1n) is 10.7. The Balaban J connectivity index is 1.58. The molecule has 0 heterocycles. The number of rotatable bonds is 9. The fourth-order valence-electron chi connectivity index (χ4n) is 2.99. The predicted molar refractivity (Wildman–Crippen MR) is 134 cm³/mol. The molecular weight excluding hydrogens is 470 g/mol. The SMILES string of the molecule is CCOC(=O)c1ccc(NC(=O)C(C)Sc2cccc(NC(=O)c3ccc([N+](=O)[O-])cc3)c2)cc1. The van der Waals surface area contributed by atoms with Crippen molar-refractivity contribution >= 4 is 46.6 Å². The van der Waals surface area contributed by atoms with Crippen LogP contribution in [0.15, 0.2) is 77.7 Å². The van der Waals surface area contributed by atoms with Gasteiger partial charge in [-0.3, -0.25) is 19.7 Å². The first-order chi connectivity index (χ1) is 16.8. The lowest BCUT2D eigenvalue weighted by molar-refractivity contribution is -0.384. The molecule has 3 aromatic carbocycles. The van der Waals surface area contributed by atoms with Crippen LogP contribution in [0.4, 0.5) is 17.1 Å². The van der Waals surface area contributed by atoms with E-state index in [0.717, 1.165) is 4.90 Å². The molecule has 1 unspecified atom stereocenters. The minimum atomic E-state index is -0.530. The number of amides is 2. The number of hydrogen-bond donors (Lipinski definition) is 2. The molecule has 0 aliphatic rings. The average Bonchev–Trinajstić information content (AvgIpc) is 2.84. The van der Waals surface area contributed by atoms with Crippen LogP contribution in [0.5, 0.6) is 0 Å². The fraction of sp³-hybridized carbons (Fsp3) is 0.160. The second-order valence-corrected chi connectivity index (χ2v) is 8.75. The number of anilines is 2. The van der Waals surface area contributed by atoms with Crippen molar-refractivity contribution in [3.8, 4) is 0 Å². The van der Waals surface area contributed by atoms with E-state index in [1.807, 2.05) is 6.07 Å². The Hall–Kier alpha value is -4.18. The summed E-state index contributed by atoms with van der Waals surface area (Å²) < 4.78 is 4.95. The van der Waals surface area contributed by atoms with Crippen molar-refractivity contribution in [3.05, 3.63) is 94.0 Å². The van der Waals surface area contributed by atoms with Gasteiger partial charge in [-0.2, -0.15) is 0 Å². The van der Waals surface area contributed by atoms with Crippen molar-refractivity contribution < 1.29 is 24.0 Å². The lowest BCUT2D eigenvalue weighted by Gasteiger charge is -2.13. The van der Waals surface area contributed by atoms with Crippen LogP contribution >= 0.6 is 11.8 Å². The summed E-state index contributed by atoms with van der Waals surface area (Å²) in [5.41, 5.74) is 1.68. The maximum atomic E-state index is 12.6. The summed E-state index contributed by atoms with van der Waals surface area (Å²) in [6.45, 7) is 3.78. The van der Waals surface area contributed by atoms with E-state index in [1.54, 1.807) is 56.3 Å². The van der Waals surface area contributed by atoms with Crippen LogP contribution in [-0.4, -0.2) is 34.6 Å². The lowest BCUT2D eigenvalue weighted by atomic mass is 10.2. The summed E-state index contributed by atoms with van der Waals surface area (Å²) in [5, 5.41) is 15.9. The van der Waals surface area contributed by atoms with Crippen LogP contribution in [0.1, 0.15) is 34.6 Å². The molecule has 35 heavy (non-hydrogen) atoms. The average molecular weight is 494 g/mol. The maximum Gasteiger partial charge on any atom is 0.338 e. The molecule has 9 nitrogen and oxygen atoms in total. The van der Waals surface area contributed by atoms with E-state index in [-0.39, 0.29) is 23.8 Å². The summed E-state index contributed by atoms with van der Waals surface area (Å²) >= 11 is 1.32. The Bertz CT molecular complexity index is 1230. The van der Waals surface area contributed by atoms with Gasteiger partial charge in [0.05, 0.1) is 22.3 Å². The molecular formula is C25H23N3O6S. The molecule has 0 radical (unpaired) electrons. The van der Waals surface area contributed by atoms with Gasteiger partial charge in [0, 0.05) is 34.0 Å².